The fourth-order valence-corrected chi connectivity index (χ4v) is 1.58. The minimum atomic E-state index is 0.778. The Morgan fingerprint density at radius 3 is 2.36 bits per heavy atom. The van der Waals surface area contributed by atoms with Crippen molar-refractivity contribution < 1.29 is 0 Å². The van der Waals surface area contributed by atoms with Gasteiger partial charge in [-0.05, 0) is 19.8 Å². The molecule has 0 nitrogen and oxygen atoms in total. The van der Waals surface area contributed by atoms with E-state index in [1.54, 1.807) is 0 Å². The van der Waals surface area contributed by atoms with Gasteiger partial charge in [-0.2, -0.15) is 0 Å². The van der Waals surface area contributed by atoms with E-state index < -0.39 is 0 Å². The molecule has 0 unspecified atom stereocenters. The Morgan fingerprint density at radius 2 is 2.00 bits per heavy atom. The molecule has 0 saturated heterocycles. The standard InChI is InChI=1S/C10H18S/c1-5-7-10(6-2)11-8-9(3)4/h5-7,9H,8H2,1-4H3/b7-5-,10-6+. The van der Waals surface area contributed by atoms with Crippen LogP contribution in [0.5, 0.6) is 0 Å². The van der Waals surface area contributed by atoms with Gasteiger partial charge in [0.05, 0.1) is 0 Å². The molecule has 0 amide bonds. The van der Waals surface area contributed by atoms with E-state index in [4.69, 9.17) is 0 Å². The van der Waals surface area contributed by atoms with Gasteiger partial charge >= 0.3 is 0 Å². The second-order valence-electron chi connectivity index (χ2n) is 2.90. The van der Waals surface area contributed by atoms with Crippen LogP contribution in [0.15, 0.2) is 23.1 Å². The summed E-state index contributed by atoms with van der Waals surface area (Å²) in [6, 6.07) is 0. The molecular weight excluding hydrogens is 152 g/mol. The van der Waals surface area contributed by atoms with Crippen molar-refractivity contribution in [3.05, 3.63) is 23.1 Å². The SMILES string of the molecule is C/C=C\C(=C/C)SCC(C)C. The lowest BCUT2D eigenvalue weighted by Gasteiger charge is -2.03. The van der Waals surface area contributed by atoms with Gasteiger partial charge in [0.1, 0.15) is 0 Å². The lowest BCUT2D eigenvalue weighted by molar-refractivity contribution is 0.751. The first-order chi connectivity index (χ1) is 5.20. The van der Waals surface area contributed by atoms with E-state index in [-0.39, 0.29) is 0 Å². The van der Waals surface area contributed by atoms with Crippen molar-refractivity contribution in [2.24, 2.45) is 5.92 Å². The molecule has 11 heavy (non-hydrogen) atoms. The molecule has 0 rings (SSSR count). The molecule has 0 radical (unpaired) electrons. The summed E-state index contributed by atoms with van der Waals surface area (Å²) in [7, 11) is 0. The van der Waals surface area contributed by atoms with E-state index in [0.29, 0.717) is 0 Å². The van der Waals surface area contributed by atoms with Gasteiger partial charge in [0.25, 0.3) is 0 Å². The lowest BCUT2D eigenvalue weighted by Crippen LogP contribution is -1.89. The highest BCUT2D eigenvalue weighted by Gasteiger charge is 1.95. The molecule has 1 heteroatoms. The zero-order valence-electron chi connectivity index (χ0n) is 7.92. The van der Waals surface area contributed by atoms with Gasteiger partial charge < -0.3 is 0 Å². The molecule has 0 aromatic heterocycles. The van der Waals surface area contributed by atoms with Gasteiger partial charge in [-0.3, -0.25) is 0 Å². The summed E-state index contributed by atoms with van der Waals surface area (Å²) in [4.78, 5) is 1.38. The van der Waals surface area contributed by atoms with E-state index in [0.717, 1.165) is 5.92 Å². The number of allylic oxidation sites excluding steroid dienone is 3. The van der Waals surface area contributed by atoms with Crippen LogP contribution < -0.4 is 0 Å². The smallest absolute Gasteiger partial charge is 0.00260 e. The molecule has 0 N–H and O–H groups in total. The molecule has 0 spiro atoms. The molecule has 0 bridgehead atoms. The van der Waals surface area contributed by atoms with Gasteiger partial charge in [-0.15, -0.1) is 11.8 Å². The average Bonchev–Trinajstić information content (AvgIpc) is 1.97. The Balaban J connectivity index is 3.72. The second-order valence-corrected chi connectivity index (χ2v) is 3.99. The topological polar surface area (TPSA) is 0 Å². The molecule has 0 aliphatic carbocycles. The normalized spacial score (nSPS) is 13.4. The molecule has 0 atom stereocenters. The van der Waals surface area contributed by atoms with E-state index in [9.17, 15) is 0 Å². The van der Waals surface area contributed by atoms with Crippen LogP contribution in [-0.4, -0.2) is 5.75 Å². The van der Waals surface area contributed by atoms with Gasteiger partial charge in [0.2, 0.25) is 0 Å². The maximum atomic E-state index is 2.25. The van der Waals surface area contributed by atoms with E-state index in [2.05, 4.69) is 45.9 Å². The third kappa shape index (κ3) is 6.24. The Hall–Kier alpha value is -0.170. The van der Waals surface area contributed by atoms with Gasteiger partial charge in [0.15, 0.2) is 0 Å². The summed E-state index contributed by atoms with van der Waals surface area (Å²) in [5.74, 6) is 1.99. The van der Waals surface area contributed by atoms with Crippen LogP contribution in [0.25, 0.3) is 0 Å². The molecule has 0 heterocycles. The number of hydrogen-bond acceptors (Lipinski definition) is 1. The fourth-order valence-electron chi connectivity index (χ4n) is 0.655. The predicted octanol–water partition coefficient (Wildman–Crippen LogP) is 3.86. The third-order valence-electron chi connectivity index (χ3n) is 1.20. The molecule has 0 aromatic rings. The summed E-state index contributed by atoms with van der Waals surface area (Å²) in [6.07, 6.45) is 6.41. The van der Waals surface area contributed by atoms with Crippen LogP contribution in [-0.2, 0) is 0 Å². The first kappa shape index (κ1) is 10.8. The van der Waals surface area contributed by atoms with Crippen molar-refractivity contribution in [2.45, 2.75) is 27.7 Å². The third-order valence-corrected chi connectivity index (χ3v) is 2.74. The van der Waals surface area contributed by atoms with Crippen LogP contribution in [0.1, 0.15) is 27.7 Å². The quantitative estimate of drug-likeness (QED) is 0.577. The number of hydrogen-bond donors (Lipinski definition) is 0. The van der Waals surface area contributed by atoms with Crippen LogP contribution in [0.3, 0.4) is 0 Å². The maximum absolute atomic E-state index is 2.25. The molecular formula is C10H18S. The molecule has 0 aliphatic heterocycles. The number of rotatable bonds is 4. The Labute approximate surface area is 74.8 Å². The van der Waals surface area contributed by atoms with Crippen molar-refractivity contribution >= 4 is 11.8 Å². The van der Waals surface area contributed by atoms with Crippen molar-refractivity contribution in [2.75, 3.05) is 5.75 Å². The fraction of sp³-hybridized carbons (Fsp3) is 0.600. The summed E-state index contributed by atoms with van der Waals surface area (Å²) in [5, 5.41) is 0. The predicted molar refractivity (Wildman–Crippen MR) is 55.9 cm³/mol. The van der Waals surface area contributed by atoms with Gasteiger partial charge in [-0.1, -0.05) is 32.1 Å². The largest absolute Gasteiger partial charge is 0.126 e. The highest BCUT2D eigenvalue weighted by atomic mass is 32.2. The number of thioether (sulfide) groups is 1. The van der Waals surface area contributed by atoms with E-state index in [1.807, 2.05) is 11.8 Å². The highest BCUT2D eigenvalue weighted by molar-refractivity contribution is 8.03. The van der Waals surface area contributed by atoms with Crippen LogP contribution in [0, 0.1) is 5.92 Å². The minimum Gasteiger partial charge on any atom is -0.126 e. The van der Waals surface area contributed by atoms with Gasteiger partial charge in [-0.25, -0.2) is 0 Å². The Morgan fingerprint density at radius 1 is 1.36 bits per heavy atom. The zero-order valence-corrected chi connectivity index (χ0v) is 8.74. The van der Waals surface area contributed by atoms with Crippen molar-refractivity contribution in [3.63, 3.8) is 0 Å². The molecule has 0 fully saturated rings. The van der Waals surface area contributed by atoms with E-state index >= 15 is 0 Å². The van der Waals surface area contributed by atoms with Crippen molar-refractivity contribution in [3.8, 4) is 0 Å². The Kier molecular flexibility index (Phi) is 6.43. The van der Waals surface area contributed by atoms with Gasteiger partial charge in [0, 0.05) is 10.7 Å². The van der Waals surface area contributed by atoms with Crippen LogP contribution >= 0.6 is 11.8 Å². The van der Waals surface area contributed by atoms with Crippen LogP contribution in [0.4, 0.5) is 0 Å². The average molecular weight is 170 g/mol. The highest BCUT2D eigenvalue weighted by Crippen LogP contribution is 2.19. The summed E-state index contributed by atoms with van der Waals surface area (Å²) >= 11 is 1.93. The maximum Gasteiger partial charge on any atom is 0.00260 e. The summed E-state index contributed by atoms with van der Waals surface area (Å²) < 4.78 is 0. The van der Waals surface area contributed by atoms with Crippen LogP contribution in [0.2, 0.25) is 0 Å². The first-order valence-corrected chi connectivity index (χ1v) is 5.11. The van der Waals surface area contributed by atoms with E-state index in [1.165, 1.54) is 10.7 Å². The van der Waals surface area contributed by atoms with Crippen molar-refractivity contribution in [1.82, 2.24) is 0 Å². The molecule has 0 saturated carbocycles. The molecule has 64 valence electrons. The minimum absolute atomic E-state index is 0.778. The molecule has 0 aliphatic rings. The lowest BCUT2D eigenvalue weighted by atomic mass is 10.3. The second kappa shape index (κ2) is 6.53. The first-order valence-electron chi connectivity index (χ1n) is 4.12. The summed E-state index contributed by atoms with van der Waals surface area (Å²) in [5.41, 5.74) is 0. The molecule has 0 aromatic carbocycles. The summed E-state index contributed by atoms with van der Waals surface area (Å²) in [6.45, 7) is 8.63. The Bertz CT molecular complexity index is 143. The zero-order chi connectivity index (χ0) is 8.69. The van der Waals surface area contributed by atoms with Crippen molar-refractivity contribution in [1.29, 1.82) is 0 Å². The monoisotopic (exact) mass is 170 g/mol.